The zero-order valence-corrected chi connectivity index (χ0v) is 10.0. The van der Waals surface area contributed by atoms with Gasteiger partial charge in [0.2, 0.25) is 5.91 Å². The van der Waals surface area contributed by atoms with E-state index in [2.05, 4.69) is 12.2 Å². The highest BCUT2D eigenvalue weighted by Gasteiger charge is 2.36. The Morgan fingerprint density at radius 2 is 2.31 bits per heavy atom. The molecule has 0 radical (unpaired) electrons. The third-order valence-electron chi connectivity index (χ3n) is 3.18. The van der Waals surface area contributed by atoms with Crippen LogP contribution in [0.2, 0.25) is 0 Å². The van der Waals surface area contributed by atoms with Crippen LogP contribution in [-0.2, 0) is 4.79 Å². The van der Waals surface area contributed by atoms with Crippen LogP contribution in [0.4, 0.5) is 0 Å². The van der Waals surface area contributed by atoms with Gasteiger partial charge in [-0.05, 0) is 26.2 Å². The molecule has 0 aromatic heterocycles. The fourth-order valence-electron chi connectivity index (χ4n) is 1.92. The lowest BCUT2D eigenvalue weighted by Crippen LogP contribution is -2.49. The summed E-state index contributed by atoms with van der Waals surface area (Å²) in [6, 6.07) is 0.309. The molecule has 3 N–H and O–H groups in total. The Kier molecular flexibility index (Phi) is 5.24. The van der Waals surface area contributed by atoms with E-state index in [1.165, 1.54) is 0 Å². The first kappa shape index (κ1) is 13.5. The summed E-state index contributed by atoms with van der Waals surface area (Å²) in [6.07, 6.45) is 2.49. The number of nitrogens with one attached hydrogen (secondary N) is 1. The van der Waals surface area contributed by atoms with Gasteiger partial charge in [-0.15, -0.1) is 0 Å². The molecule has 1 fully saturated rings. The van der Waals surface area contributed by atoms with Gasteiger partial charge in [-0.2, -0.15) is 0 Å². The van der Waals surface area contributed by atoms with E-state index in [1.54, 1.807) is 4.90 Å². The van der Waals surface area contributed by atoms with Crippen molar-refractivity contribution in [2.75, 3.05) is 13.1 Å². The lowest BCUT2D eigenvalue weighted by Gasteiger charge is -2.24. The molecule has 2 atom stereocenters. The van der Waals surface area contributed by atoms with Crippen molar-refractivity contribution < 1.29 is 14.8 Å². The summed E-state index contributed by atoms with van der Waals surface area (Å²) in [5.41, 5.74) is 0. The van der Waals surface area contributed by atoms with Gasteiger partial charge in [0.15, 0.2) is 0 Å². The molecule has 5 nitrogen and oxygen atoms in total. The Bertz CT molecular complexity index is 238. The molecule has 0 spiro atoms. The van der Waals surface area contributed by atoms with Crippen LogP contribution < -0.4 is 5.32 Å². The Morgan fingerprint density at radius 1 is 1.62 bits per heavy atom. The summed E-state index contributed by atoms with van der Waals surface area (Å²) in [7, 11) is -1.42. The van der Waals surface area contributed by atoms with Gasteiger partial charge in [0.25, 0.3) is 0 Å². The van der Waals surface area contributed by atoms with Crippen LogP contribution in [0.1, 0.15) is 33.1 Å². The Labute approximate surface area is 97.0 Å². The molecule has 92 valence electrons. The number of carbonyl (C=O) groups excluding carboxylic acids is 1. The predicted octanol–water partition coefficient (Wildman–Crippen LogP) is -0.622. The lowest BCUT2D eigenvalue weighted by atomic mass is 9.78. The fraction of sp³-hybridized carbons (Fsp3) is 0.900. The number of hydrogen-bond donors (Lipinski definition) is 3. The Morgan fingerprint density at radius 3 is 2.88 bits per heavy atom. The maximum Gasteiger partial charge on any atom is 0.475 e. The summed E-state index contributed by atoms with van der Waals surface area (Å²) < 4.78 is 0. The van der Waals surface area contributed by atoms with Crippen LogP contribution in [-0.4, -0.2) is 53.0 Å². The maximum absolute atomic E-state index is 11.8. The smallest absolute Gasteiger partial charge is 0.426 e. The van der Waals surface area contributed by atoms with Crippen LogP contribution in [0.15, 0.2) is 0 Å². The van der Waals surface area contributed by atoms with Gasteiger partial charge < -0.3 is 20.3 Å². The van der Waals surface area contributed by atoms with E-state index in [9.17, 15) is 4.79 Å². The van der Waals surface area contributed by atoms with Gasteiger partial charge in [-0.3, -0.25) is 4.79 Å². The number of carbonyl (C=O) groups is 1. The largest absolute Gasteiger partial charge is 0.475 e. The molecule has 0 bridgehead atoms. The highest BCUT2D eigenvalue weighted by Crippen LogP contribution is 2.17. The van der Waals surface area contributed by atoms with E-state index in [1.807, 2.05) is 6.92 Å². The number of rotatable bonds is 5. The second-order valence-corrected chi connectivity index (χ2v) is 4.40. The molecular formula is C10H21BN2O3. The van der Waals surface area contributed by atoms with Crippen molar-refractivity contribution in [1.29, 1.82) is 0 Å². The molecular weight excluding hydrogens is 207 g/mol. The quantitative estimate of drug-likeness (QED) is 0.548. The van der Waals surface area contributed by atoms with Crippen molar-refractivity contribution >= 4 is 13.0 Å². The zero-order chi connectivity index (χ0) is 12.1. The third-order valence-corrected chi connectivity index (χ3v) is 3.18. The first-order valence-electron chi connectivity index (χ1n) is 5.95. The van der Waals surface area contributed by atoms with E-state index in [4.69, 9.17) is 10.0 Å². The summed E-state index contributed by atoms with van der Waals surface area (Å²) in [5, 5.41) is 21.4. The average Bonchev–Trinajstić information content (AvgIpc) is 2.74. The van der Waals surface area contributed by atoms with Gasteiger partial charge in [-0.1, -0.05) is 6.92 Å². The standard InChI is InChI=1S/C10H21BN2O3/c1-3-8(2)12-7-10(14)13-6-4-5-9(13)11(15)16/h8-9,12,15-16H,3-7H2,1-2H3/t8?,9-/m0/s1. The number of amides is 1. The summed E-state index contributed by atoms with van der Waals surface area (Å²) >= 11 is 0. The topological polar surface area (TPSA) is 72.8 Å². The predicted molar refractivity (Wildman–Crippen MR) is 62.7 cm³/mol. The first-order valence-corrected chi connectivity index (χ1v) is 5.95. The van der Waals surface area contributed by atoms with Gasteiger partial charge >= 0.3 is 7.12 Å². The highest BCUT2D eigenvalue weighted by atomic mass is 16.4. The molecule has 1 rings (SSSR count). The van der Waals surface area contributed by atoms with Gasteiger partial charge in [0.05, 0.1) is 12.5 Å². The molecule has 1 aliphatic rings. The zero-order valence-electron chi connectivity index (χ0n) is 10.0. The molecule has 1 saturated heterocycles. The first-order chi connectivity index (χ1) is 7.56. The molecule has 1 aliphatic heterocycles. The highest BCUT2D eigenvalue weighted by molar-refractivity contribution is 6.43. The summed E-state index contributed by atoms with van der Waals surface area (Å²) in [5.74, 6) is -0.470. The number of hydrogen-bond acceptors (Lipinski definition) is 4. The van der Waals surface area contributed by atoms with Crippen molar-refractivity contribution in [1.82, 2.24) is 10.2 Å². The van der Waals surface area contributed by atoms with Crippen LogP contribution in [0.25, 0.3) is 0 Å². The number of nitrogens with zero attached hydrogens (tertiary/aromatic N) is 1. The van der Waals surface area contributed by atoms with E-state index in [0.29, 0.717) is 19.0 Å². The minimum absolute atomic E-state index is 0.0455. The molecule has 0 saturated carbocycles. The normalized spacial score (nSPS) is 22.2. The maximum atomic E-state index is 11.8. The lowest BCUT2D eigenvalue weighted by molar-refractivity contribution is -0.130. The van der Waals surface area contributed by atoms with Gasteiger partial charge in [0.1, 0.15) is 0 Å². The molecule has 6 heteroatoms. The van der Waals surface area contributed by atoms with Gasteiger partial charge in [0, 0.05) is 12.6 Å². The van der Waals surface area contributed by atoms with Gasteiger partial charge in [-0.25, -0.2) is 0 Å². The second kappa shape index (κ2) is 6.22. The van der Waals surface area contributed by atoms with Crippen molar-refractivity contribution in [2.45, 2.75) is 45.1 Å². The third kappa shape index (κ3) is 3.47. The molecule has 0 aromatic carbocycles. The van der Waals surface area contributed by atoms with Crippen molar-refractivity contribution in [3.05, 3.63) is 0 Å². The molecule has 16 heavy (non-hydrogen) atoms. The molecule has 0 aliphatic carbocycles. The van der Waals surface area contributed by atoms with Crippen molar-refractivity contribution in [3.8, 4) is 0 Å². The van der Waals surface area contributed by atoms with E-state index < -0.39 is 13.1 Å². The van der Waals surface area contributed by atoms with E-state index >= 15 is 0 Å². The van der Waals surface area contributed by atoms with Crippen molar-refractivity contribution in [2.24, 2.45) is 0 Å². The molecule has 1 heterocycles. The van der Waals surface area contributed by atoms with Crippen LogP contribution in [0, 0.1) is 0 Å². The van der Waals surface area contributed by atoms with Crippen LogP contribution in [0.3, 0.4) is 0 Å². The minimum Gasteiger partial charge on any atom is -0.426 e. The Balaban J connectivity index is 2.41. The monoisotopic (exact) mass is 228 g/mol. The molecule has 1 unspecified atom stereocenters. The fourth-order valence-corrected chi connectivity index (χ4v) is 1.92. The van der Waals surface area contributed by atoms with Crippen molar-refractivity contribution in [3.63, 3.8) is 0 Å². The Hall–Kier alpha value is -0.585. The minimum atomic E-state index is -1.42. The summed E-state index contributed by atoms with van der Waals surface area (Å²) in [6.45, 7) is 4.98. The summed E-state index contributed by atoms with van der Waals surface area (Å²) in [4.78, 5) is 13.4. The average molecular weight is 228 g/mol. The van der Waals surface area contributed by atoms with Crippen LogP contribution in [0.5, 0.6) is 0 Å². The van der Waals surface area contributed by atoms with E-state index in [0.717, 1.165) is 12.8 Å². The SMILES string of the molecule is CCC(C)NCC(=O)N1CCC[C@H]1B(O)O. The number of likely N-dealkylation sites (tertiary alicyclic amines) is 1. The second-order valence-electron chi connectivity index (χ2n) is 4.40. The van der Waals surface area contributed by atoms with Crippen LogP contribution >= 0.6 is 0 Å². The molecule has 1 amide bonds. The molecule has 0 aromatic rings. The van der Waals surface area contributed by atoms with E-state index in [-0.39, 0.29) is 12.5 Å².